The monoisotopic (exact) mass is 246 g/mol. The molecule has 0 fully saturated rings. The second kappa shape index (κ2) is 5.08. The number of nitrogens with zero attached hydrogens (tertiary/aromatic N) is 3. The Bertz CT molecular complexity index is 552. The van der Waals surface area contributed by atoms with Crippen LogP contribution in [0.15, 0.2) is 18.3 Å². The topological polar surface area (TPSA) is 50.7 Å². The molecule has 0 amide bonds. The minimum absolute atomic E-state index is 0.237. The van der Waals surface area contributed by atoms with Crippen molar-refractivity contribution in [3.63, 3.8) is 0 Å². The number of nitrogens with one attached hydrogen (secondary N) is 1. The van der Waals surface area contributed by atoms with E-state index in [0.29, 0.717) is 18.1 Å². The molecule has 0 saturated heterocycles. The van der Waals surface area contributed by atoms with Gasteiger partial charge in [-0.3, -0.25) is 4.98 Å². The van der Waals surface area contributed by atoms with Gasteiger partial charge in [0.15, 0.2) is 17.5 Å². The van der Waals surface area contributed by atoms with E-state index in [1.807, 2.05) is 26.0 Å². The lowest BCUT2D eigenvalue weighted by atomic mass is 10.2. The van der Waals surface area contributed by atoms with Crippen LogP contribution in [0.5, 0.6) is 0 Å². The second-order valence-corrected chi connectivity index (χ2v) is 4.01. The number of halogens is 1. The molecule has 2 aromatic heterocycles. The van der Waals surface area contributed by atoms with Gasteiger partial charge < -0.3 is 5.32 Å². The molecule has 0 aliphatic rings. The fourth-order valence-corrected chi connectivity index (χ4v) is 1.57. The molecule has 0 radical (unpaired) electrons. The largest absolute Gasteiger partial charge is 0.368 e. The highest BCUT2D eigenvalue weighted by atomic mass is 19.1. The molecule has 0 aromatic carbocycles. The van der Waals surface area contributed by atoms with E-state index in [1.165, 1.54) is 0 Å². The van der Waals surface area contributed by atoms with Gasteiger partial charge >= 0.3 is 0 Å². The van der Waals surface area contributed by atoms with E-state index in [1.54, 1.807) is 13.1 Å². The third-order valence-corrected chi connectivity index (χ3v) is 2.53. The normalized spacial score (nSPS) is 10.4. The lowest BCUT2D eigenvalue weighted by molar-refractivity contribution is 0.606. The van der Waals surface area contributed by atoms with Crippen molar-refractivity contribution in [3.05, 3.63) is 35.5 Å². The predicted octanol–water partition coefficient (Wildman–Crippen LogP) is 2.73. The van der Waals surface area contributed by atoms with E-state index in [4.69, 9.17) is 0 Å². The first-order chi connectivity index (χ1) is 8.61. The van der Waals surface area contributed by atoms with Crippen LogP contribution in [-0.4, -0.2) is 21.5 Å². The summed E-state index contributed by atoms with van der Waals surface area (Å²) in [6.07, 6.45) is 1.69. The van der Waals surface area contributed by atoms with Crippen LogP contribution >= 0.6 is 0 Å². The van der Waals surface area contributed by atoms with Gasteiger partial charge in [0.2, 0.25) is 0 Å². The summed E-state index contributed by atoms with van der Waals surface area (Å²) in [5.74, 6) is 0.318. The van der Waals surface area contributed by atoms with E-state index < -0.39 is 5.82 Å². The molecular weight excluding hydrogens is 231 g/mol. The number of hydrogen-bond donors (Lipinski definition) is 1. The van der Waals surface area contributed by atoms with E-state index in [9.17, 15) is 4.39 Å². The van der Waals surface area contributed by atoms with Crippen molar-refractivity contribution >= 4 is 5.82 Å². The summed E-state index contributed by atoms with van der Waals surface area (Å²) in [6.45, 7) is 6.04. The molecule has 0 aliphatic heterocycles. The van der Waals surface area contributed by atoms with Crippen molar-refractivity contribution in [1.29, 1.82) is 0 Å². The number of hydrogen-bond acceptors (Lipinski definition) is 4. The zero-order valence-electron chi connectivity index (χ0n) is 10.7. The maximum absolute atomic E-state index is 13.7. The molecule has 2 rings (SSSR count). The highest BCUT2D eigenvalue weighted by Crippen LogP contribution is 2.20. The van der Waals surface area contributed by atoms with Gasteiger partial charge in [-0.15, -0.1) is 0 Å². The molecule has 4 nitrogen and oxygen atoms in total. The highest BCUT2D eigenvalue weighted by Gasteiger charge is 2.12. The molecule has 18 heavy (non-hydrogen) atoms. The van der Waals surface area contributed by atoms with Crippen molar-refractivity contribution in [2.45, 2.75) is 20.8 Å². The first-order valence-electron chi connectivity index (χ1n) is 5.83. The molecule has 0 atom stereocenters. The van der Waals surface area contributed by atoms with Crippen molar-refractivity contribution in [3.8, 4) is 11.4 Å². The Balaban J connectivity index is 2.48. The minimum atomic E-state index is -0.402. The summed E-state index contributed by atoms with van der Waals surface area (Å²) in [4.78, 5) is 12.5. The molecule has 1 N–H and O–H groups in total. The van der Waals surface area contributed by atoms with Crippen LogP contribution in [0.25, 0.3) is 11.4 Å². The summed E-state index contributed by atoms with van der Waals surface area (Å²) >= 11 is 0. The Morgan fingerprint density at radius 1 is 1.22 bits per heavy atom. The predicted molar refractivity (Wildman–Crippen MR) is 68.9 cm³/mol. The third kappa shape index (κ3) is 2.45. The van der Waals surface area contributed by atoms with Crippen molar-refractivity contribution < 1.29 is 4.39 Å². The van der Waals surface area contributed by atoms with Crippen LogP contribution in [-0.2, 0) is 0 Å². The minimum Gasteiger partial charge on any atom is -0.368 e. The van der Waals surface area contributed by atoms with Gasteiger partial charge in [0.1, 0.15) is 0 Å². The standard InChI is InChI=1S/C13H15FN4/c1-4-15-13-11(14)9(3)17-12(18-13)10-6-5-8(2)16-7-10/h5-7H,4H2,1-3H3,(H,15,17,18). The van der Waals surface area contributed by atoms with Gasteiger partial charge in [0, 0.05) is 24.0 Å². The van der Waals surface area contributed by atoms with Gasteiger partial charge in [0.05, 0.1) is 5.69 Å². The Hall–Kier alpha value is -2.04. The summed E-state index contributed by atoms with van der Waals surface area (Å²) in [5, 5.41) is 2.89. The van der Waals surface area contributed by atoms with Crippen molar-refractivity contribution in [1.82, 2.24) is 15.0 Å². The molecule has 0 aliphatic carbocycles. The fraction of sp³-hybridized carbons (Fsp3) is 0.308. The summed E-state index contributed by atoms with van der Waals surface area (Å²) in [5.41, 5.74) is 2.03. The van der Waals surface area contributed by atoms with E-state index in [-0.39, 0.29) is 5.82 Å². The summed E-state index contributed by atoms with van der Waals surface area (Å²) in [6, 6.07) is 3.76. The Kier molecular flexibility index (Phi) is 3.50. The van der Waals surface area contributed by atoms with Crippen LogP contribution in [0, 0.1) is 19.7 Å². The van der Waals surface area contributed by atoms with Gasteiger partial charge in [0.25, 0.3) is 0 Å². The molecule has 0 unspecified atom stereocenters. The lowest BCUT2D eigenvalue weighted by Gasteiger charge is -2.08. The third-order valence-electron chi connectivity index (χ3n) is 2.53. The Labute approximate surface area is 105 Å². The fourth-order valence-electron chi connectivity index (χ4n) is 1.57. The molecule has 5 heteroatoms. The number of anilines is 1. The average molecular weight is 246 g/mol. The quantitative estimate of drug-likeness (QED) is 0.904. The smallest absolute Gasteiger partial charge is 0.186 e. The number of rotatable bonds is 3. The summed E-state index contributed by atoms with van der Waals surface area (Å²) < 4.78 is 13.7. The second-order valence-electron chi connectivity index (χ2n) is 4.01. The van der Waals surface area contributed by atoms with Gasteiger partial charge in [-0.05, 0) is 32.9 Å². The highest BCUT2D eigenvalue weighted by molar-refractivity contribution is 5.56. The number of aromatic nitrogens is 3. The zero-order chi connectivity index (χ0) is 13.1. The number of pyridine rings is 1. The summed E-state index contributed by atoms with van der Waals surface area (Å²) in [7, 11) is 0. The first kappa shape index (κ1) is 12.4. The molecule has 2 aromatic rings. The van der Waals surface area contributed by atoms with Gasteiger partial charge in [-0.25, -0.2) is 14.4 Å². The lowest BCUT2D eigenvalue weighted by Crippen LogP contribution is -2.07. The van der Waals surface area contributed by atoms with Crippen molar-refractivity contribution in [2.24, 2.45) is 0 Å². The molecule has 0 bridgehead atoms. The molecule has 94 valence electrons. The van der Waals surface area contributed by atoms with E-state index in [0.717, 1.165) is 11.3 Å². The Morgan fingerprint density at radius 2 is 2.00 bits per heavy atom. The molecule has 2 heterocycles. The van der Waals surface area contributed by atoms with Crippen LogP contribution in [0.4, 0.5) is 10.2 Å². The molecular formula is C13H15FN4. The van der Waals surface area contributed by atoms with Crippen LogP contribution in [0.2, 0.25) is 0 Å². The zero-order valence-corrected chi connectivity index (χ0v) is 10.7. The maximum Gasteiger partial charge on any atom is 0.186 e. The maximum atomic E-state index is 13.7. The van der Waals surface area contributed by atoms with E-state index >= 15 is 0 Å². The van der Waals surface area contributed by atoms with Crippen LogP contribution in [0.1, 0.15) is 18.3 Å². The van der Waals surface area contributed by atoms with E-state index in [2.05, 4.69) is 20.3 Å². The van der Waals surface area contributed by atoms with Gasteiger partial charge in [-0.2, -0.15) is 0 Å². The average Bonchev–Trinajstić information content (AvgIpc) is 2.36. The number of aryl methyl sites for hydroxylation is 2. The van der Waals surface area contributed by atoms with Gasteiger partial charge in [-0.1, -0.05) is 0 Å². The SMILES string of the molecule is CCNc1nc(-c2ccc(C)nc2)nc(C)c1F. The van der Waals surface area contributed by atoms with Crippen LogP contribution < -0.4 is 5.32 Å². The van der Waals surface area contributed by atoms with Crippen LogP contribution in [0.3, 0.4) is 0 Å². The molecule has 0 spiro atoms. The van der Waals surface area contributed by atoms with Crippen molar-refractivity contribution in [2.75, 3.05) is 11.9 Å². The Morgan fingerprint density at radius 3 is 2.61 bits per heavy atom. The first-order valence-corrected chi connectivity index (χ1v) is 5.83. The molecule has 0 saturated carbocycles.